The van der Waals surface area contributed by atoms with E-state index in [9.17, 15) is 4.79 Å². The van der Waals surface area contributed by atoms with Crippen molar-refractivity contribution in [2.45, 2.75) is 26.8 Å². The first-order valence-electron chi connectivity index (χ1n) is 6.41. The number of anilines is 1. The van der Waals surface area contributed by atoms with Gasteiger partial charge in [-0.25, -0.2) is 9.67 Å². The lowest BCUT2D eigenvalue weighted by Crippen LogP contribution is -2.22. The highest BCUT2D eigenvalue weighted by molar-refractivity contribution is 5.35. The van der Waals surface area contributed by atoms with Crippen LogP contribution in [-0.2, 0) is 6.54 Å². The second kappa shape index (κ2) is 6.13. The van der Waals surface area contributed by atoms with Crippen LogP contribution in [0.3, 0.4) is 0 Å². The SMILES string of the molecule is CCCNc1ccc(Cn2ncc(C)cc2=O)cn1. The molecule has 0 aromatic carbocycles. The van der Waals surface area contributed by atoms with Gasteiger partial charge in [-0.1, -0.05) is 13.0 Å². The summed E-state index contributed by atoms with van der Waals surface area (Å²) in [5.41, 5.74) is 1.74. The molecule has 100 valence electrons. The summed E-state index contributed by atoms with van der Waals surface area (Å²) in [6.07, 6.45) is 4.52. The van der Waals surface area contributed by atoms with E-state index in [1.54, 1.807) is 18.5 Å². The van der Waals surface area contributed by atoms with E-state index in [1.807, 2.05) is 19.1 Å². The minimum atomic E-state index is -0.0896. The van der Waals surface area contributed by atoms with Crippen LogP contribution in [0, 0.1) is 6.92 Å². The molecule has 2 heterocycles. The zero-order chi connectivity index (χ0) is 13.7. The summed E-state index contributed by atoms with van der Waals surface area (Å²) in [6, 6.07) is 5.46. The molecule has 0 bridgehead atoms. The van der Waals surface area contributed by atoms with Crippen molar-refractivity contribution < 1.29 is 0 Å². The van der Waals surface area contributed by atoms with Gasteiger partial charge in [0.15, 0.2) is 0 Å². The summed E-state index contributed by atoms with van der Waals surface area (Å²) in [4.78, 5) is 16.0. The van der Waals surface area contributed by atoms with Gasteiger partial charge in [0.25, 0.3) is 5.56 Å². The van der Waals surface area contributed by atoms with Crippen LogP contribution in [0.2, 0.25) is 0 Å². The molecular weight excluding hydrogens is 240 g/mol. The number of aryl methyl sites for hydroxylation is 1. The van der Waals surface area contributed by atoms with Crippen LogP contribution in [0.25, 0.3) is 0 Å². The first kappa shape index (κ1) is 13.3. The summed E-state index contributed by atoms with van der Waals surface area (Å²) in [6.45, 7) is 5.32. The quantitative estimate of drug-likeness (QED) is 0.888. The molecule has 0 aliphatic heterocycles. The van der Waals surface area contributed by atoms with Crippen molar-refractivity contribution in [3.05, 3.63) is 52.1 Å². The Balaban J connectivity index is 2.08. The van der Waals surface area contributed by atoms with E-state index in [0.717, 1.165) is 29.9 Å². The second-order valence-electron chi connectivity index (χ2n) is 4.51. The predicted octanol–water partition coefficient (Wildman–Crippen LogP) is 1.82. The zero-order valence-corrected chi connectivity index (χ0v) is 11.3. The lowest BCUT2D eigenvalue weighted by atomic mass is 10.2. The van der Waals surface area contributed by atoms with Gasteiger partial charge in [0.2, 0.25) is 0 Å². The normalized spacial score (nSPS) is 10.4. The van der Waals surface area contributed by atoms with Crippen molar-refractivity contribution in [3.8, 4) is 0 Å². The van der Waals surface area contributed by atoms with Crippen LogP contribution >= 0.6 is 0 Å². The number of pyridine rings is 1. The Hall–Kier alpha value is -2.17. The summed E-state index contributed by atoms with van der Waals surface area (Å²) in [7, 11) is 0. The minimum absolute atomic E-state index is 0.0896. The third kappa shape index (κ3) is 3.64. The van der Waals surface area contributed by atoms with Crippen LogP contribution in [-0.4, -0.2) is 21.3 Å². The molecule has 0 saturated heterocycles. The molecule has 1 N–H and O–H groups in total. The van der Waals surface area contributed by atoms with Gasteiger partial charge in [0, 0.05) is 18.8 Å². The maximum atomic E-state index is 11.7. The fourth-order valence-electron chi connectivity index (χ4n) is 1.69. The van der Waals surface area contributed by atoms with Crippen molar-refractivity contribution >= 4 is 5.82 Å². The average Bonchev–Trinajstić information content (AvgIpc) is 2.41. The third-order valence-corrected chi connectivity index (χ3v) is 2.72. The molecule has 5 nitrogen and oxygen atoms in total. The average molecular weight is 258 g/mol. The number of hydrogen-bond acceptors (Lipinski definition) is 4. The van der Waals surface area contributed by atoms with E-state index in [2.05, 4.69) is 22.3 Å². The molecule has 0 amide bonds. The lowest BCUT2D eigenvalue weighted by Gasteiger charge is -2.06. The van der Waals surface area contributed by atoms with Gasteiger partial charge in [-0.2, -0.15) is 5.10 Å². The van der Waals surface area contributed by atoms with Gasteiger partial charge in [0.05, 0.1) is 12.7 Å². The first-order chi connectivity index (χ1) is 9.19. The predicted molar refractivity (Wildman–Crippen MR) is 75.4 cm³/mol. The van der Waals surface area contributed by atoms with Gasteiger partial charge in [-0.05, 0) is 30.5 Å². The molecule has 0 saturated carbocycles. The van der Waals surface area contributed by atoms with E-state index < -0.39 is 0 Å². The van der Waals surface area contributed by atoms with Crippen molar-refractivity contribution in [1.29, 1.82) is 0 Å². The molecule has 0 aliphatic carbocycles. The van der Waals surface area contributed by atoms with Crippen molar-refractivity contribution in [2.75, 3.05) is 11.9 Å². The summed E-state index contributed by atoms with van der Waals surface area (Å²) in [5.74, 6) is 0.856. The Kier molecular flexibility index (Phi) is 4.28. The fourth-order valence-corrected chi connectivity index (χ4v) is 1.69. The molecule has 0 atom stereocenters. The topological polar surface area (TPSA) is 59.8 Å². The second-order valence-corrected chi connectivity index (χ2v) is 4.51. The van der Waals surface area contributed by atoms with E-state index in [1.165, 1.54) is 4.68 Å². The Labute approximate surface area is 112 Å². The van der Waals surface area contributed by atoms with Crippen molar-refractivity contribution in [3.63, 3.8) is 0 Å². The first-order valence-corrected chi connectivity index (χ1v) is 6.41. The number of hydrogen-bond donors (Lipinski definition) is 1. The molecule has 0 radical (unpaired) electrons. The molecule has 2 rings (SSSR count). The maximum absolute atomic E-state index is 11.7. The summed E-state index contributed by atoms with van der Waals surface area (Å²) in [5, 5.41) is 7.31. The van der Waals surface area contributed by atoms with Gasteiger partial charge >= 0.3 is 0 Å². The molecule has 5 heteroatoms. The lowest BCUT2D eigenvalue weighted by molar-refractivity contribution is 0.634. The number of rotatable bonds is 5. The van der Waals surface area contributed by atoms with E-state index in [4.69, 9.17) is 0 Å². The highest BCUT2D eigenvalue weighted by atomic mass is 16.1. The van der Waals surface area contributed by atoms with E-state index in [-0.39, 0.29) is 5.56 Å². The van der Waals surface area contributed by atoms with Crippen LogP contribution in [0.4, 0.5) is 5.82 Å². The van der Waals surface area contributed by atoms with Crippen molar-refractivity contribution in [1.82, 2.24) is 14.8 Å². The van der Waals surface area contributed by atoms with Crippen LogP contribution < -0.4 is 10.9 Å². The monoisotopic (exact) mass is 258 g/mol. The van der Waals surface area contributed by atoms with Gasteiger partial charge < -0.3 is 5.32 Å². The smallest absolute Gasteiger partial charge is 0.267 e. The molecule has 0 unspecified atom stereocenters. The highest BCUT2D eigenvalue weighted by Gasteiger charge is 2.00. The van der Waals surface area contributed by atoms with Gasteiger partial charge in [0.1, 0.15) is 5.82 Å². The zero-order valence-electron chi connectivity index (χ0n) is 11.3. The molecule has 2 aromatic rings. The van der Waals surface area contributed by atoms with E-state index >= 15 is 0 Å². The van der Waals surface area contributed by atoms with Crippen LogP contribution in [0.5, 0.6) is 0 Å². The van der Waals surface area contributed by atoms with Crippen LogP contribution in [0.1, 0.15) is 24.5 Å². The van der Waals surface area contributed by atoms with Gasteiger partial charge in [-0.15, -0.1) is 0 Å². The molecule has 2 aromatic heterocycles. The van der Waals surface area contributed by atoms with Crippen molar-refractivity contribution in [2.24, 2.45) is 0 Å². The maximum Gasteiger partial charge on any atom is 0.267 e. The Morgan fingerprint density at radius 1 is 1.32 bits per heavy atom. The number of nitrogens with one attached hydrogen (secondary N) is 1. The molecular formula is C14H18N4O. The standard InChI is InChI=1S/C14H18N4O/c1-3-6-15-13-5-4-12(9-16-13)10-18-14(19)7-11(2)8-17-18/h4-5,7-9H,3,6,10H2,1-2H3,(H,15,16). The molecule has 0 aliphatic rings. The molecule has 19 heavy (non-hydrogen) atoms. The number of aromatic nitrogens is 3. The highest BCUT2D eigenvalue weighted by Crippen LogP contribution is 2.05. The summed E-state index contributed by atoms with van der Waals surface area (Å²) >= 11 is 0. The summed E-state index contributed by atoms with van der Waals surface area (Å²) < 4.78 is 1.43. The van der Waals surface area contributed by atoms with Gasteiger partial charge in [-0.3, -0.25) is 4.79 Å². The minimum Gasteiger partial charge on any atom is -0.370 e. The van der Waals surface area contributed by atoms with Crippen LogP contribution in [0.15, 0.2) is 35.4 Å². The fraction of sp³-hybridized carbons (Fsp3) is 0.357. The molecule has 0 spiro atoms. The Morgan fingerprint density at radius 2 is 2.16 bits per heavy atom. The number of nitrogens with zero attached hydrogens (tertiary/aromatic N) is 3. The largest absolute Gasteiger partial charge is 0.370 e. The molecule has 0 fully saturated rings. The third-order valence-electron chi connectivity index (χ3n) is 2.72. The Morgan fingerprint density at radius 3 is 2.79 bits per heavy atom. The Bertz CT molecular complexity index is 589. The van der Waals surface area contributed by atoms with E-state index in [0.29, 0.717) is 6.54 Å².